The minimum absolute atomic E-state index is 0.405. The highest BCUT2D eigenvalue weighted by molar-refractivity contribution is 7.14. The molecule has 0 aliphatic carbocycles. The molecule has 3 aromatic rings. The minimum Gasteiger partial charge on any atom is -0.489 e. The van der Waals surface area contributed by atoms with Crippen molar-refractivity contribution in [3.63, 3.8) is 0 Å². The quantitative estimate of drug-likeness (QED) is 0.354. The van der Waals surface area contributed by atoms with Gasteiger partial charge >= 0.3 is 0 Å². The number of aromatic nitrogens is 2. The number of aliphatic imine (C=N–C) groups is 1. The molecule has 0 saturated heterocycles. The molecule has 2 N–H and O–H groups in total. The number of hydrogen-bond acceptors (Lipinski definition) is 9. The van der Waals surface area contributed by atoms with E-state index >= 15 is 0 Å². The number of ether oxygens (including phenoxy) is 2. The topological polar surface area (TPSA) is 80.7 Å². The van der Waals surface area contributed by atoms with E-state index in [-0.39, 0.29) is 0 Å². The van der Waals surface area contributed by atoms with Crippen molar-refractivity contribution >= 4 is 33.8 Å². The molecule has 0 unspecified atom stereocenters. The first-order chi connectivity index (χ1) is 16.7. The summed E-state index contributed by atoms with van der Waals surface area (Å²) in [5.41, 5.74) is 3.63. The Morgan fingerprint density at radius 2 is 2.09 bits per heavy atom. The number of nitrogens with zero attached hydrogens (tertiary/aromatic N) is 3. The molecule has 1 aromatic carbocycles. The Bertz CT molecular complexity index is 1200. The molecular formula is C25H27N5O2S2. The van der Waals surface area contributed by atoms with E-state index in [0.29, 0.717) is 18.4 Å². The second-order valence-corrected chi connectivity index (χ2v) is 9.05. The smallest absolute Gasteiger partial charge is 0.274 e. The SMILES string of the molecule is C=C/C(=C\C=C/C)COc1cccc(COc2nc(-c3csc(NC4=NCCCN4)n3)cs2)c1. The molecular weight excluding hydrogens is 466 g/mol. The average Bonchev–Trinajstić information content (AvgIpc) is 3.53. The van der Waals surface area contributed by atoms with E-state index in [2.05, 4.69) is 32.2 Å². The van der Waals surface area contributed by atoms with Crippen LogP contribution < -0.4 is 20.1 Å². The van der Waals surface area contributed by atoms with Gasteiger partial charge in [0.15, 0.2) is 11.1 Å². The Hall–Kier alpha value is -3.43. The van der Waals surface area contributed by atoms with Crippen molar-refractivity contribution in [3.8, 4) is 22.3 Å². The summed E-state index contributed by atoms with van der Waals surface area (Å²) < 4.78 is 11.8. The van der Waals surface area contributed by atoms with Gasteiger partial charge in [0.2, 0.25) is 0 Å². The summed E-state index contributed by atoms with van der Waals surface area (Å²) in [5.74, 6) is 1.56. The summed E-state index contributed by atoms with van der Waals surface area (Å²) in [6, 6.07) is 7.88. The zero-order chi connectivity index (χ0) is 23.6. The van der Waals surface area contributed by atoms with Crippen LogP contribution in [0.1, 0.15) is 18.9 Å². The predicted molar refractivity (Wildman–Crippen MR) is 141 cm³/mol. The number of benzene rings is 1. The van der Waals surface area contributed by atoms with E-state index < -0.39 is 0 Å². The molecule has 9 heteroatoms. The van der Waals surface area contributed by atoms with E-state index in [1.165, 1.54) is 22.7 Å². The molecule has 0 amide bonds. The number of rotatable bonds is 10. The highest BCUT2D eigenvalue weighted by Crippen LogP contribution is 2.29. The fourth-order valence-corrected chi connectivity index (χ4v) is 4.41. The highest BCUT2D eigenvalue weighted by atomic mass is 32.1. The van der Waals surface area contributed by atoms with E-state index in [1.807, 2.05) is 60.2 Å². The van der Waals surface area contributed by atoms with E-state index in [1.54, 1.807) is 6.08 Å². The maximum Gasteiger partial charge on any atom is 0.274 e. The van der Waals surface area contributed by atoms with Crippen LogP contribution in [0.5, 0.6) is 10.9 Å². The summed E-state index contributed by atoms with van der Waals surface area (Å²) in [6.45, 7) is 8.43. The molecule has 7 nitrogen and oxygen atoms in total. The van der Waals surface area contributed by atoms with Crippen LogP contribution in [0.2, 0.25) is 0 Å². The lowest BCUT2D eigenvalue weighted by Crippen LogP contribution is -2.35. The Balaban J connectivity index is 1.31. The standard InChI is InChI=1S/C25H27N5O2S2/c1-3-5-8-18(4-2)14-31-20-10-6-9-19(13-20)15-32-25-29-22(17-34-25)21-16-33-24(28-21)30-23-26-11-7-12-27-23/h3-6,8-10,13,16-17H,2,7,11-12,14-15H2,1H3,(H2,26,27,28,30)/b5-3-,18-8+. The number of guanidine groups is 1. The predicted octanol–water partition coefficient (Wildman–Crippen LogP) is 5.67. The van der Waals surface area contributed by atoms with E-state index in [4.69, 9.17) is 9.47 Å². The highest BCUT2D eigenvalue weighted by Gasteiger charge is 2.12. The molecule has 3 heterocycles. The third kappa shape index (κ3) is 6.79. The van der Waals surface area contributed by atoms with Gasteiger partial charge in [0.05, 0.1) is 0 Å². The molecule has 0 spiro atoms. The first-order valence-electron chi connectivity index (χ1n) is 11.0. The van der Waals surface area contributed by atoms with Gasteiger partial charge < -0.3 is 20.1 Å². The van der Waals surface area contributed by atoms with E-state index in [0.717, 1.165) is 58.9 Å². The normalized spacial score (nSPS) is 13.9. The van der Waals surface area contributed by atoms with Gasteiger partial charge in [-0.05, 0) is 36.6 Å². The molecule has 2 aromatic heterocycles. The first kappa shape index (κ1) is 23.7. The Labute approximate surface area is 207 Å². The summed E-state index contributed by atoms with van der Waals surface area (Å²) in [6.07, 6.45) is 8.79. The van der Waals surface area contributed by atoms with Gasteiger partial charge in [-0.1, -0.05) is 54.4 Å². The van der Waals surface area contributed by atoms with Crippen molar-refractivity contribution in [2.75, 3.05) is 25.0 Å². The van der Waals surface area contributed by atoms with Crippen molar-refractivity contribution in [2.24, 2.45) is 4.99 Å². The molecule has 0 radical (unpaired) electrons. The fourth-order valence-electron chi connectivity index (χ4n) is 3.04. The van der Waals surface area contributed by atoms with Crippen LogP contribution >= 0.6 is 22.7 Å². The molecule has 1 aliphatic heterocycles. The monoisotopic (exact) mass is 493 g/mol. The van der Waals surface area contributed by atoms with Crippen LogP contribution in [0, 0.1) is 0 Å². The largest absolute Gasteiger partial charge is 0.489 e. The van der Waals surface area contributed by atoms with Crippen LogP contribution in [0.25, 0.3) is 11.4 Å². The molecule has 4 rings (SSSR count). The first-order valence-corrected chi connectivity index (χ1v) is 12.7. The minimum atomic E-state index is 0.405. The zero-order valence-electron chi connectivity index (χ0n) is 19.0. The van der Waals surface area contributed by atoms with Crippen LogP contribution in [0.4, 0.5) is 5.13 Å². The van der Waals surface area contributed by atoms with Crippen LogP contribution in [0.15, 0.2) is 76.5 Å². The lowest BCUT2D eigenvalue weighted by Gasteiger charge is -2.13. The number of anilines is 1. The number of nitrogens with one attached hydrogen (secondary N) is 2. The lowest BCUT2D eigenvalue weighted by atomic mass is 10.2. The molecule has 1 aliphatic rings. The molecule has 0 atom stereocenters. The van der Waals surface area contributed by atoms with Crippen LogP contribution in [0.3, 0.4) is 0 Å². The van der Waals surface area contributed by atoms with Gasteiger partial charge in [-0.2, -0.15) is 0 Å². The number of thiazole rings is 2. The molecule has 176 valence electrons. The molecule has 0 bridgehead atoms. The summed E-state index contributed by atoms with van der Waals surface area (Å²) in [5, 5.41) is 11.8. The zero-order valence-corrected chi connectivity index (χ0v) is 20.6. The van der Waals surface area contributed by atoms with Crippen molar-refractivity contribution in [2.45, 2.75) is 20.0 Å². The van der Waals surface area contributed by atoms with Crippen molar-refractivity contribution in [3.05, 3.63) is 77.0 Å². The van der Waals surface area contributed by atoms with Crippen LogP contribution in [-0.4, -0.2) is 35.6 Å². The summed E-state index contributed by atoms with van der Waals surface area (Å²) in [7, 11) is 0. The van der Waals surface area contributed by atoms with Gasteiger partial charge in [-0.15, -0.1) is 11.3 Å². The van der Waals surface area contributed by atoms with Gasteiger partial charge in [0, 0.05) is 23.8 Å². The Kier molecular flexibility index (Phi) is 8.48. The van der Waals surface area contributed by atoms with Crippen molar-refractivity contribution in [1.82, 2.24) is 15.3 Å². The fraction of sp³-hybridized carbons (Fsp3) is 0.240. The van der Waals surface area contributed by atoms with E-state index in [9.17, 15) is 0 Å². The third-order valence-electron chi connectivity index (χ3n) is 4.80. The average molecular weight is 494 g/mol. The second kappa shape index (κ2) is 12.2. The second-order valence-electron chi connectivity index (χ2n) is 7.37. The molecule has 0 fully saturated rings. The number of hydrogen-bond donors (Lipinski definition) is 2. The third-order valence-corrected chi connectivity index (χ3v) is 6.31. The van der Waals surface area contributed by atoms with Crippen molar-refractivity contribution < 1.29 is 9.47 Å². The summed E-state index contributed by atoms with van der Waals surface area (Å²) in [4.78, 5) is 13.6. The van der Waals surface area contributed by atoms with Crippen molar-refractivity contribution in [1.29, 1.82) is 0 Å². The van der Waals surface area contributed by atoms with Gasteiger partial charge in [-0.25, -0.2) is 9.97 Å². The van der Waals surface area contributed by atoms with Gasteiger partial charge in [0.1, 0.15) is 30.4 Å². The maximum absolute atomic E-state index is 5.92. The molecule has 34 heavy (non-hydrogen) atoms. The van der Waals surface area contributed by atoms with Crippen LogP contribution in [-0.2, 0) is 6.61 Å². The Morgan fingerprint density at radius 3 is 2.91 bits per heavy atom. The Morgan fingerprint density at radius 1 is 1.21 bits per heavy atom. The molecule has 0 saturated carbocycles. The van der Waals surface area contributed by atoms with Gasteiger partial charge in [-0.3, -0.25) is 4.99 Å². The van der Waals surface area contributed by atoms with Gasteiger partial charge in [0.25, 0.3) is 5.19 Å². The lowest BCUT2D eigenvalue weighted by molar-refractivity contribution is 0.302. The summed E-state index contributed by atoms with van der Waals surface area (Å²) >= 11 is 2.98. The number of allylic oxidation sites excluding steroid dienone is 3. The maximum atomic E-state index is 5.92.